The minimum atomic E-state index is -0.141. The summed E-state index contributed by atoms with van der Waals surface area (Å²) in [4.78, 5) is 22.3. The lowest BCUT2D eigenvalue weighted by Gasteiger charge is -2.16. The van der Waals surface area contributed by atoms with Crippen molar-refractivity contribution in [3.63, 3.8) is 0 Å². The van der Waals surface area contributed by atoms with Gasteiger partial charge in [0.2, 0.25) is 5.95 Å². The minimum Gasteiger partial charge on any atom is -0.352 e. The Morgan fingerprint density at radius 1 is 1.19 bits per heavy atom. The summed E-state index contributed by atoms with van der Waals surface area (Å²) >= 11 is 0. The van der Waals surface area contributed by atoms with Crippen molar-refractivity contribution in [2.24, 2.45) is 5.92 Å². The zero-order chi connectivity index (χ0) is 15.2. The number of para-hydroxylation sites is 1. The Labute approximate surface area is 125 Å². The van der Waals surface area contributed by atoms with Crippen LogP contribution in [-0.4, -0.2) is 29.5 Å². The number of anilines is 2. The van der Waals surface area contributed by atoms with E-state index in [9.17, 15) is 4.79 Å². The topological polar surface area (TPSA) is 58.1 Å². The Balaban J connectivity index is 2.07. The van der Waals surface area contributed by atoms with Gasteiger partial charge in [-0.15, -0.1) is 0 Å². The molecule has 1 heterocycles. The molecule has 0 radical (unpaired) electrons. The predicted octanol–water partition coefficient (Wildman–Crippen LogP) is 2.63. The second kappa shape index (κ2) is 6.83. The first kappa shape index (κ1) is 15.0. The normalized spacial score (nSPS) is 10.5. The number of carbonyl (C=O) groups excluding carboxylic acids is 1. The third-order valence-electron chi connectivity index (χ3n) is 3.01. The molecule has 2 rings (SSSR count). The molecule has 0 fully saturated rings. The van der Waals surface area contributed by atoms with Gasteiger partial charge >= 0.3 is 0 Å². The average Bonchev–Trinajstić information content (AvgIpc) is 2.53. The van der Waals surface area contributed by atoms with Crippen LogP contribution in [0.1, 0.15) is 24.2 Å². The maximum Gasteiger partial charge on any atom is 0.254 e. The molecule has 1 N–H and O–H groups in total. The van der Waals surface area contributed by atoms with Gasteiger partial charge in [-0.05, 0) is 18.1 Å². The van der Waals surface area contributed by atoms with Gasteiger partial charge in [0.15, 0.2) is 0 Å². The number of hydrogen-bond donors (Lipinski definition) is 1. The summed E-state index contributed by atoms with van der Waals surface area (Å²) in [5, 5.41) is 2.85. The van der Waals surface area contributed by atoms with E-state index in [1.165, 1.54) is 0 Å². The molecule has 0 aliphatic heterocycles. The number of amides is 1. The van der Waals surface area contributed by atoms with E-state index in [1.54, 1.807) is 12.4 Å². The van der Waals surface area contributed by atoms with E-state index in [0.29, 0.717) is 24.0 Å². The van der Waals surface area contributed by atoms with E-state index >= 15 is 0 Å². The SMILES string of the molecule is CC(C)CNC(=O)c1cnc(N(C)c2ccccc2)nc1. The molecule has 5 heteroatoms. The van der Waals surface area contributed by atoms with Gasteiger partial charge in [-0.1, -0.05) is 32.0 Å². The van der Waals surface area contributed by atoms with E-state index < -0.39 is 0 Å². The standard InChI is InChI=1S/C16H20N4O/c1-12(2)9-17-15(21)13-10-18-16(19-11-13)20(3)14-7-5-4-6-8-14/h4-8,10-12H,9H2,1-3H3,(H,17,21). The van der Waals surface area contributed by atoms with Gasteiger partial charge in [0, 0.05) is 31.7 Å². The van der Waals surface area contributed by atoms with E-state index in [4.69, 9.17) is 0 Å². The molecule has 110 valence electrons. The summed E-state index contributed by atoms with van der Waals surface area (Å²) in [7, 11) is 1.89. The van der Waals surface area contributed by atoms with Crippen molar-refractivity contribution < 1.29 is 4.79 Å². The number of nitrogens with one attached hydrogen (secondary N) is 1. The third-order valence-corrected chi connectivity index (χ3v) is 3.01. The van der Waals surface area contributed by atoms with Crippen LogP contribution in [0.25, 0.3) is 0 Å². The number of hydrogen-bond acceptors (Lipinski definition) is 4. The largest absolute Gasteiger partial charge is 0.352 e. The van der Waals surface area contributed by atoms with Gasteiger partial charge in [0.1, 0.15) is 0 Å². The van der Waals surface area contributed by atoms with Gasteiger partial charge in [-0.3, -0.25) is 4.79 Å². The highest BCUT2D eigenvalue weighted by Crippen LogP contribution is 2.18. The van der Waals surface area contributed by atoms with E-state index in [1.807, 2.05) is 42.3 Å². The average molecular weight is 284 g/mol. The Morgan fingerprint density at radius 3 is 2.38 bits per heavy atom. The lowest BCUT2D eigenvalue weighted by molar-refractivity contribution is 0.0948. The molecule has 0 bridgehead atoms. The van der Waals surface area contributed by atoms with Crippen LogP contribution in [-0.2, 0) is 0 Å². The first-order chi connectivity index (χ1) is 10.1. The van der Waals surface area contributed by atoms with Gasteiger partial charge in [0.25, 0.3) is 5.91 Å². The summed E-state index contributed by atoms with van der Waals surface area (Å²) in [5.41, 5.74) is 1.47. The van der Waals surface area contributed by atoms with Crippen LogP contribution in [0.2, 0.25) is 0 Å². The number of aromatic nitrogens is 2. The number of carbonyl (C=O) groups is 1. The third kappa shape index (κ3) is 4.02. The van der Waals surface area contributed by atoms with Crippen molar-refractivity contribution in [2.45, 2.75) is 13.8 Å². The molecule has 0 spiro atoms. The fourth-order valence-electron chi connectivity index (χ4n) is 1.78. The molecule has 21 heavy (non-hydrogen) atoms. The molecule has 1 amide bonds. The molecule has 0 aliphatic carbocycles. The van der Waals surface area contributed by atoms with Crippen molar-refractivity contribution in [3.05, 3.63) is 48.3 Å². The van der Waals surface area contributed by atoms with Crippen molar-refractivity contribution in [1.82, 2.24) is 15.3 Å². The number of rotatable bonds is 5. The summed E-state index contributed by atoms with van der Waals surface area (Å²) in [6, 6.07) is 9.83. The first-order valence-corrected chi connectivity index (χ1v) is 6.97. The smallest absolute Gasteiger partial charge is 0.254 e. The molecule has 1 aromatic heterocycles. The second-order valence-electron chi connectivity index (χ2n) is 5.27. The zero-order valence-electron chi connectivity index (χ0n) is 12.6. The molecule has 1 aromatic carbocycles. The number of benzene rings is 1. The van der Waals surface area contributed by atoms with Gasteiger partial charge < -0.3 is 10.2 Å². The van der Waals surface area contributed by atoms with Crippen LogP contribution in [0.4, 0.5) is 11.6 Å². The first-order valence-electron chi connectivity index (χ1n) is 6.97. The zero-order valence-corrected chi connectivity index (χ0v) is 12.6. The molecule has 0 saturated carbocycles. The molecule has 0 unspecified atom stereocenters. The summed E-state index contributed by atoms with van der Waals surface area (Å²) < 4.78 is 0. The molecule has 0 aliphatic rings. The van der Waals surface area contributed by atoms with Gasteiger partial charge in [-0.2, -0.15) is 0 Å². The maximum atomic E-state index is 11.9. The monoisotopic (exact) mass is 284 g/mol. The molecule has 0 atom stereocenters. The minimum absolute atomic E-state index is 0.141. The molecular formula is C16H20N4O. The van der Waals surface area contributed by atoms with Crippen LogP contribution < -0.4 is 10.2 Å². The van der Waals surface area contributed by atoms with Gasteiger partial charge in [-0.25, -0.2) is 9.97 Å². The molecule has 0 saturated heterocycles. The summed E-state index contributed by atoms with van der Waals surface area (Å²) in [6.07, 6.45) is 3.11. The summed E-state index contributed by atoms with van der Waals surface area (Å²) in [5.74, 6) is 0.831. The lowest BCUT2D eigenvalue weighted by atomic mass is 10.2. The van der Waals surface area contributed by atoms with Crippen molar-refractivity contribution in [1.29, 1.82) is 0 Å². The van der Waals surface area contributed by atoms with Crippen LogP contribution in [0, 0.1) is 5.92 Å². The van der Waals surface area contributed by atoms with E-state index in [2.05, 4.69) is 29.1 Å². The van der Waals surface area contributed by atoms with Crippen LogP contribution >= 0.6 is 0 Å². The Hall–Kier alpha value is -2.43. The lowest BCUT2D eigenvalue weighted by Crippen LogP contribution is -2.27. The van der Waals surface area contributed by atoms with Crippen LogP contribution in [0.3, 0.4) is 0 Å². The molecule has 2 aromatic rings. The van der Waals surface area contributed by atoms with Crippen molar-refractivity contribution >= 4 is 17.5 Å². The highest BCUT2D eigenvalue weighted by Gasteiger charge is 2.10. The Bertz CT molecular complexity index is 581. The van der Waals surface area contributed by atoms with E-state index in [0.717, 1.165) is 5.69 Å². The summed E-state index contributed by atoms with van der Waals surface area (Å²) in [6.45, 7) is 4.74. The van der Waals surface area contributed by atoms with Gasteiger partial charge in [0.05, 0.1) is 5.56 Å². The van der Waals surface area contributed by atoms with Crippen molar-refractivity contribution in [3.8, 4) is 0 Å². The second-order valence-corrected chi connectivity index (χ2v) is 5.27. The molecular weight excluding hydrogens is 264 g/mol. The maximum absolute atomic E-state index is 11.9. The highest BCUT2D eigenvalue weighted by atomic mass is 16.1. The number of nitrogens with zero attached hydrogens (tertiary/aromatic N) is 3. The highest BCUT2D eigenvalue weighted by molar-refractivity contribution is 5.93. The fourth-order valence-corrected chi connectivity index (χ4v) is 1.78. The van der Waals surface area contributed by atoms with Crippen LogP contribution in [0.5, 0.6) is 0 Å². The fraction of sp³-hybridized carbons (Fsp3) is 0.312. The van der Waals surface area contributed by atoms with Crippen LogP contribution in [0.15, 0.2) is 42.7 Å². The molecule has 5 nitrogen and oxygen atoms in total. The Kier molecular flexibility index (Phi) is 4.87. The van der Waals surface area contributed by atoms with Crippen molar-refractivity contribution in [2.75, 3.05) is 18.5 Å². The quantitative estimate of drug-likeness (QED) is 0.917. The van der Waals surface area contributed by atoms with E-state index in [-0.39, 0.29) is 5.91 Å². The predicted molar refractivity (Wildman–Crippen MR) is 83.7 cm³/mol. The Morgan fingerprint density at radius 2 is 1.81 bits per heavy atom.